The van der Waals surface area contributed by atoms with Crippen LogP contribution >= 0.6 is 0 Å². The molecule has 1 aliphatic rings. The molecule has 2 nitrogen and oxygen atoms in total. The van der Waals surface area contributed by atoms with Crippen LogP contribution in [0.2, 0.25) is 0 Å². The lowest BCUT2D eigenvalue weighted by Crippen LogP contribution is -2.19. The van der Waals surface area contributed by atoms with Gasteiger partial charge in [0.05, 0.1) is 12.7 Å². The molecule has 0 saturated heterocycles. The van der Waals surface area contributed by atoms with Crippen LogP contribution in [0.25, 0.3) is 0 Å². The second kappa shape index (κ2) is 5.68. The SMILES string of the molecule is CCOc1cccc(C(O)CC2Cc3ccccc32)c1. The predicted octanol–water partition coefficient (Wildman–Crippen LogP) is 3.85. The van der Waals surface area contributed by atoms with Gasteiger partial charge in [-0.3, -0.25) is 0 Å². The number of aliphatic hydroxyl groups excluding tert-OH is 1. The molecule has 2 unspecified atom stereocenters. The predicted molar refractivity (Wildman–Crippen MR) is 80.1 cm³/mol. The molecule has 0 spiro atoms. The highest BCUT2D eigenvalue weighted by Crippen LogP contribution is 2.40. The Morgan fingerprint density at radius 3 is 2.85 bits per heavy atom. The van der Waals surface area contributed by atoms with E-state index in [2.05, 4.69) is 24.3 Å². The quantitative estimate of drug-likeness (QED) is 0.892. The summed E-state index contributed by atoms with van der Waals surface area (Å²) in [6.45, 7) is 2.62. The molecule has 2 aromatic rings. The number of hydrogen-bond acceptors (Lipinski definition) is 2. The van der Waals surface area contributed by atoms with E-state index in [0.717, 1.165) is 24.2 Å². The fourth-order valence-corrected chi connectivity index (χ4v) is 2.96. The van der Waals surface area contributed by atoms with Crippen LogP contribution < -0.4 is 4.74 Å². The maximum absolute atomic E-state index is 10.4. The largest absolute Gasteiger partial charge is 0.494 e. The molecular formula is C18H20O2. The molecule has 0 aromatic heterocycles. The van der Waals surface area contributed by atoms with Crippen LogP contribution in [-0.4, -0.2) is 11.7 Å². The molecule has 0 aliphatic heterocycles. The average Bonchev–Trinajstić information content (AvgIpc) is 2.45. The number of ether oxygens (including phenoxy) is 1. The van der Waals surface area contributed by atoms with E-state index in [1.165, 1.54) is 11.1 Å². The Kier molecular flexibility index (Phi) is 3.75. The highest BCUT2D eigenvalue weighted by molar-refractivity contribution is 5.40. The van der Waals surface area contributed by atoms with Crippen molar-refractivity contribution >= 4 is 0 Å². The van der Waals surface area contributed by atoms with Crippen LogP contribution in [0.15, 0.2) is 48.5 Å². The van der Waals surface area contributed by atoms with Gasteiger partial charge in [-0.15, -0.1) is 0 Å². The Labute approximate surface area is 120 Å². The molecular weight excluding hydrogens is 248 g/mol. The summed E-state index contributed by atoms with van der Waals surface area (Å²) >= 11 is 0. The van der Waals surface area contributed by atoms with Gasteiger partial charge in [-0.05, 0) is 54.5 Å². The van der Waals surface area contributed by atoms with Gasteiger partial charge in [-0.1, -0.05) is 36.4 Å². The van der Waals surface area contributed by atoms with Gasteiger partial charge in [-0.2, -0.15) is 0 Å². The van der Waals surface area contributed by atoms with E-state index in [1.807, 2.05) is 31.2 Å². The van der Waals surface area contributed by atoms with Gasteiger partial charge in [0.2, 0.25) is 0 Å². The topological polar surface area (TPSA) is 29.5 Å². The highest BCUT2D eigenvalue weighted by atomic mass is 16.5. The average molecular weight is 268 g/mol. The van der Waals surface area contributed by atoms with Gasteiger partial charge in [0.25, 0.3) is 0 Å². The van der Waals surface area contributed by atoms with Crippen LogP contribution in [0.5, 0.6) is 5.75 Å². The molecule has 1 aliphatic carbocycles. The van der Waals surface area contributed by atoms with E-state index in [9.17, 15) is 5.11 Å². The maximum Gasteiger partial charge on any atom is 0.119 e. The fraction of sp³-hybridized carbons (Fsp3) is 0.333. The molecule has 104 valence electrons. The van der Waals surface area contributed by atoms with Gasteiger partial charge >= 0.3 is 0 Å². The van der Waals surface area contributed by atoms with Crippen LogP contribution in [0.1, 0.15) is 42.1 Å². The Morgan fingerprint density at radius 1 is 1.20 bits per heavy atom. The molecule has 3 rings (SSSR count). The van der Waals surface area contributed by atoms with E-state index in [-0.39, 0.29) is 0 Å². The number of aliphatic hydroxyl groups is 1. The summed E-state index contributed by atoms with van der Waals surface area (Å²) in [5, 5.41) is 10.4. The van der Waals surface area contributed by atoms with Gasteiger partial charge in [0.1, 0.15) is 5.75 Å². The first-order chi connectivity index (χ1) is 9.78. The first-order valence-electron chi connectivity index (χ1n) is 7.26. The summed E-state index contributed by atoms with van der Waals surface area (Å²) in [6.07, 6.45) is 1.44. The number of benzene rings is 2. The third kappa shape index (κ3) is 2.56. The minimum Gasteiger partial charge on any atom is -0.494 e. The minimum absolute atomic E-state index is 0.422. The molecule has 0 heterocycles. The van der Waals surface area contributed by atoms with Gasteiger partial charge < -0.3 is 9.84 Å². The summed E-state index contributed by atoms with van der Waals surface area (Å²) in [7, 11) is 0. The van der Waals surface area contributed by atoms with E-state index in [0.29, 0.717) is 12.5 Å². The summed E-state index contributed by atoms with van der Waals surface area (Å²) in [4.78, 5) is 0. The van der Waals surface area contributed by atoms with Crippen molar-refractivity contribution in [3.05, 3.63) is 65.2 Å². The summed E-state index contributed by atoms with van der Waals surface area (Å²) in [5.41, 5.74) is 3.76. The molecule has 20 heavy (non-hydrogen) atoms. The summed E-state index contributed by atoms with van der Waals surface area (Å²) < 4.78 is 5.49. The molecule has 2 heteroatoms. The third-order valence-electron chi connectivity index (χ3n) is 4.02. The number of fused-ring (bicyclic) bond motifs is 1. The lowest BCUT2D eigenvalue weighted by molar-refractivity contribution is 0.153. The van der Waals surface area contributed by atoms with E-state index >= 15 is 0 Å². The Balaban J connectivity index is 1.68. The minimum atomic E-state index is -0.422. The monoisotopic (exact) mass is 268 g/mol. The van der Waals surface area contributed by atoms with E-state index < -0.39 is 6.10 Å². The molecule has 0 fully saturated rings. The van der Waals surface area contributed by atoms with E-state index in [1.54, 1.807) is 0 Å². The standard InChI is InChI=1S/C18H20O2/c1-2-20-16-8-5-7-14(11-16)18(19)12-15-10-13-6-3-4-9-17(13)15/h3-9,11,15,18-19H,2,10,12H2,1H3. The normalized spacial score (nSPS) is 18.0. The zero-order valence-corrected chi connectivity index (χ0v) is 11.8. The van der Waals surface area contributed by atoms with Crippen LogP contribution in [0.3, 0.4) is 0 Å². The van der Waals surface area contributed by atoms with Gasteiger partial charge in [0, 0.05) is 0 Å². The Bertz CT molecular complexity index is 591. The summed E-state index contributed by atoms with van der Waals surface area (Å²) in [6, 6.07) is 16.3. The van der Waals surface area contributed by atoms with E-state index in [4.69, 9.17) is 4.74 Å². The smallest absolute Gasteiger partial charge is 0.119 e. The van der Waals surface area contributed by atoms with Crippen molar-refractivity contribution in [1.29, 1.82) is 0 Å². The molecule has 2 aromatic carbocycles. The first kappa shape index (κ1) is 13.2. The van der Waals surface area contributed by atoms with Crippen LogP contribution in [0.4, 0.5) is 0 Å². The summed E-state index contributed by atoms with van der Waals surface area (Å²) in [5.74, 6) is 1.31. The molecule has 0 radical (unpaired) electrons. The second-order valence-corrected chi connectivity index (χ2v) is 5.36. The van der Waals surface area contributed by atoms with Crippen molar-refractivity contribution in [2.45, 2.75) is 31.8 Å². The molecule has 0 amide bonds. The van der Waals surface area contributed by atoms with Crippen LogP contribution in [-0.2, 0) is 6.42 Å². The lowest BCUT2D eigenvalue weighted by Gasteiger charge is -2.31. The number of hydrogen-bond donors (Lipinski definition) is 1. The van der Waals surface area contributed by atoms with Gasteiger partial charge in [0.15, 0.2) is 0 Å². The third-order valence-corrected chi connectivity index (χ3v) is 4.02. The van der Waals surface area contributed by atoms with Gasteiger partial charge in [-0.25, -0.2) is 0 Å². The van der Waals surface area contributed by atoms with Crippen molar-refractivity contribution in [3.8, 4) is 5.75 Å². The maximum atomic E-state index is 10.4. The molecule has 2 atom stereocenters. The van der Waals surface area contributed by atoms with Crippen molar-refractivity contribution in [2.75, 3.05) is 6.61 Å². The van der Waals surface area contributed by atoms with Crippen molar-refractivity contribution < 1.29 is 9.84 Å². The highest BCUT2D eigenvalue weighted by Gasteiger charge is 2.27. The zero-order chi connectivity index (χ0) is 13.9. The fourth-order valence-electron chi connectivity index (χ4n) is 2.96. The second-order valence-electron chi connectivity index (χ2n) is 5.36. The van der Waals surface area contributed by atoms with Crippen molar-refractivity contribution in [1.82, 2.24) is 0 Å². The zero-order valence-electron chi connectivity index (χ0n) is 11.8. The Morgan fingerprint density at radius 2 is 2.05 bits per heavy atom. The molecule has 0 bridgehead atoms. The number of rotatable bonds is 5. The lowest BCUT2D eigenvalue weighted by atomic mass is 9.74. The molecule has 1 N–H and O–H groups in total. The first-order valence-corrected chi connectivity index (χ1v) is 7.26. The molecule has 0 saturated carbocycles. The van der Waals surface area contributed by atoms with Crippen molar-refractivity contribution in [2.24, 2.45) is 0 Å². The van der Waals surface area contributed by atoms with Crippen molar-refractivity contribution in [3.63, 3.8) is 0 Å². The Hall–Kier alpha value is -1.80. The van der Waals surface area contributed by atoms with Crippen LogP contribution in [0, 0.1) is 0 Å².